The first-order chi connectivity index (χ1) is 7.43. The fourth-order valence-electron chi connectivity index (χ4n) is 2.39. The van der Waals surface area contributed by atoms with E-state index < -0.39 is 0 Å². The third-order valence-corrected chi connectivity index (χ3v) is 2.99. The normalized spacial score (nSPS) is 13.8. The molecule has 90 valence electrons. The summed E-state index contributed by atoms with van der Waals surface area (Å²) >= 11 is 0. The number of aryl methyl sites for hydroxylation is 1. The molecule has 16 heavy (non-hydrogen) atoms. The fraction of sp³-hybridized carbons (Fsp3) is 0.600. The molecule has 0 fully saturated rings. The van der Waals surface area contributed by atoms with Gasteiger partial charge in [0.25, 0.3) is 0 Å². The summed E-state index contributed by atoms with van der Waals surface area (Å²) in [6.45, 7) is 8.87. The number of benzene rings is 1. The Morgan fingerprint density at radius 3 is 2.06 bits per heavy atom. The maximum atomic E-state index is 5.88. The molecule has 0 spiro atoms. The Morgan fingerprint density at radius 2 is 1.62 bits per heavy atom. The van der Waals surface area contributed by atoms with Gasteiger partial charge in [0, 0.05) is 6.04 Å². The number of rotatable bonds is 5. The van der Waals surface area contributed by atoms with Gasteiger partial charge in [-0.25, -0.2) is 0 Å². The minimum absolute atomic E-state index is 0.282. The summed E-state index contributed by atoms with van der Waals surface area (Å²) in [6, 6.07) is 9.25. The molecule has 0 saturated heterocycles. The minimum atomic E-state index is 0.282. The molecule has 0 aromatic heterocycles. The maximum Gasteiger partial charge on any atom is 0.00156 e. The molecule has 2 N–H and O–H groups in total. The van der Waals surface area contributed by atoms with Crippen LogP contribution in [0.15, 0.2) is 24.3 Å². The summed E-state index contributed by atoms with van der Waals surface area (Å²) in [5.74, 6) is 0. The summed E-state index contributed by atoms with van der Waals surface area (Å²) in [5, 5.41) is 0. The highest BCUT2D eigenvalue weighted by Crippen LogP contribution is 2.27. The summed E-state index contributed by atoms with van der Waals surface area (Å²) < 4.78 is 0. The molecule has 0 heterocycles. The zero-order valence-electron chi connectivity index (χ0n) is 11.1. The van der Waals surface area contributed by atoms with Crippen molar-refractivity contribution in [2.24, 2.45) is 11.1 Å². The standard InChI is InChI=1S/C15H25N/c1-5-13-6-8-14(9-7-13)11-15(3,4)10-12(2)16/h6-9,12H,5,10-11,16H2,1-4H3. The zero-order chi connectivity index (χ0) is 12.2. The molecule has 1 nitrogen and oxygen atoms in total. The Hall–Kier alpha value is -0.820. The lowest BCUT2D eigenvalue weighted by Gasteiger charge is -2.26. The second-order valence-electron chi connectivity index (χ2n) is 5.69. The van der Waals surface area contributed by atoms with E-state index in [-0.39, 0.29) is 6.04 Å². The van der Waals surface area contributed by atoms with E-state index in [0.717, 1.165) is 19.3 Å². The predicted molar refractivity (Wildman–Crippen MR) is 71.6 cm³/mol. The maximum absolute atomic E-state index is 5.88. The Balaban J connectivity index is 2.64. The van der Waals surface area contributed by atoms with E-state index in [2.05, 4.69) is 52.0 Å². The van der Waals surface area contributed by atoms with Crippen molar-refractivity contribution >= 4 is 0 Å². The molecular formula is C15H25N. The molecule has 1 aromatic carbocycles. The summed E-state index contributed by atoms with van der Waals surface area (Å²) in [6.07, 6.45) is 3.30. The van der Waals surface area contributed by atoms with E-state index >= 15 is 0 Å². The van der Waals surface area contributed by atoms with Crippen molar-refractivity contribution in [1.29, 1.82) is 0 Å². The smallest absolute Gasteiger partial charge is 0.00156 e. The van der Waals surface area contributed by atoms with Crippen LogP contribution < -0.4 is 5.73 Å². The lowest BCUT2D eigenvalue weighted by atomic mass is 9.80. The van der Waals surface area contributed by atoms with Gasteiger partial charge in [-0.3, -0.25) is 0 Å². The van der Waals surface area contributed by atoms with E-state index in [4.69, 9.17) is 5.73 Å². The summed E-state index contributed by atoms with van der Waals surface area (Å²) in [4.78, 5) is 0. The molecule has 0 amide bonds. The van der Waals surface area contributed by atoms with Gasteiger partial charge in [0.1, 0.15) is 0 Å². The largest absolute Gasteiger partial charge is 0.328 e. The average Bonchev–Trinajstić information content (AvgIpc) is 2.16. The van der Waals surface area contributed by atoms with E-state index in [9.17, 15) is 0 Å². The molecule has 1 heteroatoms. The quantitative estimate of drug-likeness (QED) is 0.805. The topological polar surface area (TPSA) is 26.0 Å². The number of hydrogen-bond acceptors (Lipinski definition) is 1. The molecule has 1 rings (SSSR count). The SMILES string of the molecule is CCc1ccc(CC(C)(C)CC(C)N)cc1. The minimum Gasteiger partial charge on any atom is -0.328 e. The van der Waals surface area contributed by atoms with Crippen molar-refractivity contribution in [3.8, 4) is 0 Å². The molecule has 0 saturated carbocycles. The van der Waals surface area contributed by atoms with Crippen LogP contribution in [0.1, 0.15) is 45.2 Å². The lowest BCUT2D eigenvalue weighted by molar-refractivity contribution is 0.309. The third-order valence-electron chi connectivity index (χ3n) is 2.99. The third kappa shape index (κ3) is 4.36. The van der Waals surface area contributed by atoms with Crippen LogP contribution in [0, 0.1) is 5.41 Å². The van der Waals surface area contributed by atoms with Crippen molar-refractivity contribution in [3.63, 3.8) is 0 Å². The van der Waals surface area contributed by atoms with Crippen LogP contribution in [0.25, 0.3) is 0 Å². The molecule has 0 aliphatic rings. The Kier molecular flexibility index (Phi) is 4.55. The second-order valence-corrected chi connectivity index (χ2v) is 5.69. The first-order valence-corrected chi connectivity index (χ1v) is 6.26. The highest BCUT2D eigenvalue weighted by molar-refractivity contribution is 5.23. The van der Waals surface area contributed by atoms with Gasteiger partial charge in [0.15, 0.2) is 0 Å². The number of hydrogen-bond donors (Lipinski definition) is 1. The van der Waals surface area contributed by atoms with Crippen molar-refractivity contribution in [3.05, 3.63) is 35.4 Å². The van der Waals surface area contributed by atoms with E-state index in [0.29, 0.717) is 5.41 Å². The first-order valence-electron chi connectivity index (χ1n) is 6.26. The molecule has 0 radical (unpaired) electrons. The molecular weight excluding hydrogens is 194 g/mol. The van der Waals surface area contributed by atoms with Gasteiger partial charge in [-0.1, -0.05) is 45.0 Å². The molecule has 1 unspecified atom stereocenters. The highest BCUT2D eigenvalue weighted by atomic mass is 14.6. The van der Waals surface area contributed by atoms with Crippen LogP contribution in [0.4, 0.5) is 0 Å². The van der Waals surface area contributed by atoms with E-state index in [1.807, 2.05) is 0 Å². The van der Waals surface area contributed by atoms with Gasteiger partial charge < -0.3 is 5.73 Å². The van der Waals surface area contributed by atoms with Crippen LogP contribution in [0.2, 0.25) is 0 Å². The van der Waals surface area contributed by atoms with Gasteiger partial charge in [0.2, 0.25) is 0 Å². The van der Waals surface area contributed by atoms with Crippen LogP contribution in [0.5, 0.6) is 0 Å². The van der Waals surface area contributed by atoms with E-state index in [1.54, 1.807) is 0 Å². The van der Waals surface area contributed by atoms with Crippen LogP contribution in [0.3, 0.4) is 0 Å². The first kappa shape index (κ1) is 13.2. The predicted octanol–water partition coefficient (Wildman–Crippen LogP) is 3.56. The fourth-order valence-corrected chi connectivity index (χ4v) is 2.39. The van der Waals surface area contributed by atoms with Crippen molar-refractivity contribution in [2.75, 3.05) is 0 Å². The van der Waals surface area contributed by atoms with E-state index in [1.165, 1.54) is 11.1 Å². The van der Waals surface area contributed by atoms with Gasteiger partial charge in [-0.15, -0.1) is 0 Å². The average molecular weight is 219 g/mol. The molecule has 0 bridgehead atoms. The van der Waals surface area contributed by atoms with Crippen molar-refractivity contribution < 1.29 is 0 Å². The van der Waals surface area contributed by atoms with Crippen molar-refractivity contribution in [1.82, 2.24) is 0 Å². The summed E-state index contributed by atoms with van der Waals surface area (Å²) in [5.41, 5.74) is 9.00. The zero-order valence-corrected chi connectivity index (χ0v) is 11.1. The number of nitrogens with two attached hydrogens (primary N) is 1. The Bertz CT molecular complexity index is 309. The molecule has 1 aromatic rings. The summed E-state index contributed by atoms with van der Waals surface area (Å²) in [7, 11) is 0. The molecule has 0 aliphatic heterocycles. The van der Waals surface area contributed by atoms with Gasteiger partial charge >= 0.3 is 0 Å². The Labute approximate surface area is 100 Å². The molecule has 0 aliphatic carbocycles. The van der Waals surface area contributed by atoms with Crippen LogP contribution >= 0.6 is 0 Å². The highest BCUT2D eigenvalue weighted by Gasteiger charge is 2.19. The lowest BCUT2D eigenvalue weighted by Crippen LogP contribution is -2.26. The van der Waals surface area contributed by atoms with Crippen LogP contribution in [-0.4, -0.2) is 6.04 Å². The monoisotopic (exact) mass is 219 g/mol. The second kappa shape index (κ2) is 5.49. The van der Waals surface area contributed by atoms with Crippen molar-refractivity contribution in [2.45, 2.75) is 53.0 Å². The van der Waals surface area contributed by atoms with Gasteiger partial charge in [-0.2, -0.15) is 0 Å². The van der Waals surface area contributed by atoms with Crippen LogP contribution in [-0.2, 0) is 12.8 Å². The Morgan fingerprint density at radius 1 is 1.12 bits per heavy atom. The van der Waals surface area contributed by atoms with Gasteiger partial charge in [0.05, 0.1) is 0 Å². The van der Waals surface area contributed by atoms with Gasteiger partial charge in [-0.05, 0) is 42.7 Å². The molecule has 1 atom stereocenters.